The molecule has 0 spiro atoms. The van der Waals surface area contributed by atoms with Gasteiger partial charge in [-0.05, 0) is 18.6 Å². The predicted octanol–water partition coefficient (Wildman–Crippen LogP) is 2.86. The lowest BCUT2D eigenvalue weighted by Gasteiger charge is -2.15. The molecule has 3 aromatic rings. The summed E-state index contributed by atoms with van der Waals surface area (Å²) in [5.74, 6) is 0.428. The van der Waals surface area contributed by atoms with Crippen LogP contribution in [0.2, 0.25) is 0 Å². The van der Waals surface area contributed by atoms with Crippen molar-refractivity contribution in [2.45, 2.75) is 45.1 Å². The molecule has 1 aromatic carbocycles. The van der Waals surface area contributed by atoms with Gasteiger partial charge < -0.3 is 9.84 Å². The highest BCUT2D eigenvalue weighted by Gasteiger charge is 2.33. The Balaban J connectivity index is 1.60. The molecule has 8 nitrogen and oxygen atoms in total. The summed E-state index contributed by atoms with van der Waals surface area (Å²) in [6.45, 7) is 6.08. The molecular weight excluding hydrogens is 392 g/mol. The summed E-state index contributed by atoms with van der Waals surface area (Å²) in [7, 11) is -3.08. The first-order valence-electron chi connectivity index (χ1n) is 9.56. The molecule has 0 radical (unpaired) electrons. The number of fused-ring (bicyclic) bond motifs is 1. The van der Waals surface area contributed by atoms with Crippen molar-refractivity contribution in [3.05, 3.63) is 41.7 Å². The van der Waals surface area contributed by atoms with E-state index in [0.717, 1.165) is 11.1 Å². The van der Waals surface area contributed by atoms with E-state index in [9.17, 15) is 13.2 Å². The third kappa shape index (κ3) is 4.05. The minimum absolute atomic E-state index is 0.0368. The van der Waals surface area contributed by atoms with Crippen molar-refractivity contribution < 1.29 is 17.7 Å². The minimum Gasteiger partial charge on any atom is -0.356 e. The number of hydrogen-bond acceptors (Lipinski definition) is 6. The van der Waals surface area contributed by atoms with Gasteiger partial charge in [0.1, 0.15) is 11.5 Å². The first kappa shape index (κ1) is 19.6. The van der Waals surface area contributed by atoms with E-state index in [1.807, 2.05) is 45.0 Å². The van der Waals surface area contributed by atoms with Crippen molar-refractivity contribution in [3.63, 3.8) is 0 Å². The van der Waals surface area contributed by atoms with Gasteiger partial charge in [-0.3, -0.25) is 4.79 Å². The summed E-state index contributed by atoms with van der Waals surface area (Å²) in [6, 6.07) is 8.92. The molecule has 1 saturated heterocycles. The van der Waals surface area contributed by atoms with Crippen LogP contribution in [0.3, 0.4) is 0 Å². The van der Waals surface area contributed by atoms with Crippen LogP contribution >= 0.6 is 0 Å². The number of carbonyl (C=O) groups excluding carboxylic acids is 1. The minimum atomic E-state index is -3.08. The molecule has 4 rings (SSSR count). The van der Waals surface area contributed by atoms with Crippen LogP contribution in [0, 0.1) is 0 Å². The predicted molar refractivity (Wildman–Crippen MR) is 110 cm³/mol. The lowest BCUT2D eigenvalue weighted by Crippen LogP contribution is -2.21. The Morgan fingerprint density at radius 1 is 1.31 bits per heavy atom. The molecule has 2 aromatic heterocycles. The van der Waals surface area contributed by atoms with Gasteiger partial charge in [-0.1, -0.05) is 38.1 Å². The summed E-state index contributed by atoms with van der Waals surface area (Å²) in [5, 5.41) is 12.3. The van der Waals surface area contributed by atoms with E-state index in [1.54, 1.807) is 10.7 Å². The van der Waals surface area contributed by atoms with Crippen molar-refractivity contribution in [1.29, 1.82) is 0 Å². The molecule has 0 aliphatic carbocycles. The van der Waals surface area contributed by atoms with Gasteiger partial charge in [0, 0.05) is 16.9 Å². The first-order valence-corrected chi connectivity index (χ1v) is 11.4. The molecule has 1 amide bonds. The Bertz CT molecular complexity index is 1170. The highest BCUT2D eigenvalue weighted by atomic mass is 32.2. The van der Waals surface area contributed by atoms with E-state index in [4.69, 9.17) is 4.52 Å². The molecule has 1 N–H and O–H groups in total. The van der Waals surface area contributed by atoms with Crippen molar-refractivity contribution in [1.82, 2.24) is 14.9 Å². The zero-order valence-corrected chi connectivity index (χ0v) is 17.5. The number of hydrogen-bond donors (Lipinski definition) is 1. The summed E-state index contributed by atoms with van der Waals surface area (Å²) in [4.78, 5) is 12.7. The standard InChI is InChI=1S/C20H24N4O4S/c1-20(2,3)17-11-18(24(22-17)13-8-9-29(26,27)12-13)21-19(25)10-15-14-6-4-5-7-16(14)28-23-15/h4-7,11,13H,8-10,12H2,1-3H3,(H,21,25)/t13-/m1/s1. The Morgan fingerprint density at radius 3 is 2.76 bits per heavy atom. The van der Waals surface area contributed by atoms with E-state index in [1.165, 1.54) is 0 Å². The lowest BCUT2D eigenvalue weighted by molar-refractivity contribution is -0.115. The molecule has 0 bridgehead atoms. The Hall–Kier alpha value is -2.68. The van der Waals surface area contributed by atoms with Gasteiger partial charge in [-0.15, -0.1) is 0 Å². The maximum absolute atomic E-state index is 12.7. The first-order chi connectivity index (χ1) is 13.6. The fraction of sp³-hybridized carbons (Fsp3) is 0.450. The molecule has 0 saturated carbocycles. The Kier molecular flexibility index (Phi) is 4.72. The van der Waals surface area contributed by atoms with Crippen molar-refractivity contribution in [3.8, 4) is 0 Å². The lowest BCUT2D eigenvalue weighted by atomic mass is 9.92. The van der Waals surface area contributed by atoms with E-state index < -0.39 is 9.84 Å². The highest BCUT2D eigenvalue weighted by Crippen LogP contribution is 2.31. The third-order valence-corrected chi connectivity index (χ3v) is 6.86. The summed E-state index contributed by atoms with van der Waals surface area (Å²) in [6.07, 6.45) is 0.542. The number of benzene rings is 1. The molecule has 3 heterocycles. The van der Waals surface area contributed by atoms with Gasteiger partial charge in [0.05, 0.1) is 29.7 Å². The van der Waals surface area contributed by atoms with Crippen LogP contribution in [0.1, 0.15) is 44.6 Å². The number of nitrogens with one attached hydrogen (secondary N) is 1. The molecule has 9 heteroatoms. The zero-order chi connectivity index (χ0) is 20.8. The van der Waals surface area contributed by atoms with Gasteiger partial charge in [-0.2, -0.15) is 5.10 Å². The second-order valence-corrected chi connectivity index (χ2v) is 10.7. The Labute approximate surface area is 169 Å². The van der Waals surface area contributed by atoms with Gasteiger partial charge >= 0.3 is 0 Å². The van der Waals surface area contributed by atoms with Crippen LogP contribution < -0.4 is 5.32 Å². The fourth-order valence-corrected chi connectivity index (χ4v) is 5.20. The second kappa shape index (κ2) is 6.98. The van der Waals surface area contributed by atoms with Crippen LogP contribution in [0.15, 0.2) is 34.9 Å². The Morgan fingerprint density at radius 2 is 2.07 bits per heavy atom. The van der Waals surface area contributed by atoms with Crippen LogP contribution in [0.25, 0.3) is 11.0 Å². The number of sulfone groups is 1. The van der Waals surface area contributed by atoms with Gasteiger partial charge in [0.25, 0.3) is 0 Å². The molecular formula is C20H24N4O4S. The molecule has 1 fully saturated rings. The second-order valence-electron chi connectivity index (χ2n) is 8.52. The number of para-hydroxylation sites is 1. The normalized spacial score (nSPS) is 18.9. The van der Waals surface area contributed by atoms with Crippen molar-refractivity contribution in [2.75, 3.05) is 16.8 Å². The van der Waals surface area contributed by atoms with E-state index in [2.05, 4.69) is 15.6 Å². The highest BCUT2D eigenvalue weighted by molar-refractivity contribution is 7.91. The summed E-state index contributed by atoms with van der Waals surface area (Å²) < 4.78 is 30.8. The number of carbonyl (C=O) groups is 1. The number of nitrogens with zero attached hydrogens (tertiary/aromatic N) is 3. The van der Waals surface area contributed by atoms with Gasteiger partial charge in [0.15, 0.2) is 15.4 Å². The van der Waals surface area contributed by atoms with E-state index >= 15 is 0 Å². The zero-order valence-electron chi connectivity index (χ0n) is 16.7. The SMILES string of the molecule is CC(C)(C)c1cc(NC(=O)Cc2noc3ccccc23)n([C@@H]2CCS(=O)(=O)C2)n1. The molecule has 1 aliphatic rings. The van der Waals surface area contributed by atoms with Gasteiger partial charge in [-0.25, -0.2) is 13.1 Å². The number of amides is 1. The molecule has 154 valence electrons. The van der Waals surface area contributed by atoms with Crippen LogP contribution in [0.4, 0.5) is 5.82 Å². The summed E-state index contributed by atoms with van der Waals surface area (Å²) >= 11 is 0. The van der Waals surface area contributed by atoms with Crippen LogP contribution in [-0.2, 0) is 26.5 Å². The van der Waals surface area contributed by atoms with Crippen molar-refractivity contribution >= 4 is 32.5 Å². The maximum atomic E-state index is 12.7. The van der Waals surface area contributed by atoms with Crippen LogP contribution in [-0.4, -0.2) is 40.8 Å². The third-order valence-electron chi connectivity index (χ3n) is 5.11. The van der Waals surface area contributed by atoms with E-state index in [-0.39, 0.29) is 35.3 Å². The quantitative estimate of drug-likeness (QED) is 0.701. The number of anilines is 1. The molecule has 0 unspecified atom stereocenters. The maximum Gasteiger partial charge on any atom is 0.231 e. The molecule has 29 heavy (non-hydrogen) atoms. The van der Waals surface area contributed by atoms with Crippen LogP contribution in [0.5, 0.6) is 0 Å². The largest absolute Gasteiger partial charge is 0.356 e. The monoisotopic (exact) mass is 416 g/mol. The average Bonchev–Trinajstić information content (AvgIpc) is 3.32. The smallest absolute Gasteiger partial charge is 0.231 e. The number of aromatic nitrogens is 3. The number of rotatable bonds is 4. The fourth-order valence-electron chi connectivity index (χ4n) is 3.51. The van der Waals surface area contributed by atoms with E-state index in [0.29, 0.717) is 23.5 Å². The van der Waals surface area contributed by atoms with Crippen molar-refractivity contribution in [2.24, 2.45) is 0 Å². The average molecular weight is 417 g/mol. The molecule has 1 atom stereocenters. The topological polar surface area (TPSA) is 107 Å². The van der Waals surface area contributed by atoms with Gasteiger partial charge in [0.2, 0.25) is 5.91 Å². The summed E-state index contributed by atoms with van der Waals surface area (Å²) in [5.41, 5.74) is 1.75. The molecule has 1 aliphatic heterocycles.